The van der Waals surface area contributed by atoms with Gasteiger partial charge in [-0.25, -0.2) is 8.78 Å². The minimum absolute atomic E-state index is 0.0426. The molecule has 0 unspecified atom stereocenters. The first-order valence-electron chi connectivity index (χ1n) is 16.2. The third kappa shape index (κ3) is 4.01. The van der Waals surface area contributed by atoms with Crippen LogP contribution in [0.1, 0.15) is 68.9 Å². The Hall–Kier alpha value is -3.24. The second kappa shape index (κ2) is 10.6. The van der Waals surface area contributed by atoms with Crippen molar-refractivity contribution in [2.24, 2.45) is 22.7 Å². The monoisotopic (exact) mass is 633 g/mol. The van der Waals surface area contributed by atoms with Crippen LogP contribution in [0.25, 0.3) is 0 Å². The van der Waals surface area contributed by atoms with Gasteiger partial charge in [-0.05, 0) is 73.1 Å². The zero-order valence-electron chi connectivity index (χ0n) is 26.5. The van der Waals surface area contributed by atoms with Crippen molar-refractivity contribution in [3.63, 3.8) is 0 Å². The van der Waals surface area contributed by atoms with E-state index < -0.39 is 76.8 Å². The molecule has 7 nitrogen and oxygen atoms in total. The predicted octanol–water partition coefficient (Wildman–Crippen LogP) is 5.52. The van der Waals surface area contributed by atoms with Gasteiger partial charge in [-0.1, -0.05) is 56.3 Å². The summed E-state index contributed by atoms with van der Waals surface area (Å²) in [6.45, 7) is 4.63. The number of hydrogen-bond donors (Lipinski definition) is 3. The van der Waals surface area contributed by atoms with Crippen LogP contribution in [-0.2, 0) is 19.1 Å². The Labute approximate surface area is 267 Å². The fourth-order valence-corrected chi connectivity index (χ4v) is 9.79. The van der Waals surface area contributed by atoms with Crippen LogP contribution in [0.3, 0.4) is 0 Å². The molecule has 2 aromatic carbocycles. The average molecular weight is 634 g/mol. The van der Waals surface area contributed by atoms with Crippen molar-refractivity contribution in [1.82, 2.24) is 0 Å². The van der Waals surface area contributed by atoms with Crippen LogP contribution in [-0.4, -0.2) is 65.1 Å². The van der Waals surface area contributed by atoms with E-state index in [4.69, 9.17) is 9.47 Å². The molecule has 5 aliphatic rings. The number of allylic oxidation sites excluding steroid dienone is 4. The lowest BCUT2D eigenvalue weighted by atomic mass is 9.44. The van der Waals surface area contributed by atoms with Crippen molar-refractivity contribution < 1.29 is 38.1 Å². The second-order valence-electron chi connectivity index (χ2n) is 14.2. The largest absolute Gasteiger partial charge is 0.390 e. The SMILES string of the molecule is CNc1ccc([C@@H](C)c2ccc([C@@H]3O[C@@H]4C[C@H]5[C@@H]6C[C@H](F)C7=CC(=O)C=C[C@]7(C)[C@@]6(F)[C@@H](O)C[C@]5(C)[C@]4(C(=O)CO)O3)cc2)cc1. The van der Waals surface area contributed by atoms with Gasteiger partial charge < -0.3 is 25.0 Å². The van der Waals surface area contributed by atoms with Gasteiger partial charge in [0.15, 0.2) is 29.1 Å². The van der Waals surface area contributed by atoms with Crippen LogP contribution in [0, 0.1) is 22.7 Å². The summed E-state index contributed by atoms with van der Waals surface area (Å²) in [5.41, 5.74) is -2.64. The third-order valence-corrected chi connectivity index (χ3v) is 12.3. The van der Waals surface area contributed by atoms with E-state index in [0.29, 0.717) is 5.56 Å². The molecular weight excluding hydrogens is 592 g/mol. The van der Waals surface area contributed by atoms with Crippen LogP contribution < -0.4 is 5.32 Å². The molecule has 1 saturated heterocycles. The molecule has 4 aliphatic carbocycles. The summed E-state index contributed by atoms with van der Waals surface area (Å²) in [5.74, 6) is -2.46. The van der Waals surface area contributed by atoms with Crippen molar-refractivity contribution >= 4 is 17.3 Å². The molecule has 0 radical (unpaired) electrons. The molecule has 46 heavy (non-hydrogen) atoms. The number of Topliss-reactive ketones (excluding diaryl/α,β-unsaturated/α-hetero) is 1. The van der Waals surface area contributed by atoms with E-state index in [1.54, 1.807) is 13.8 Å². The summed E-state index contributed by atoms with van der Waals surface area (Å²) in [6, 6.07) is 16.0. The number of ketones is 2. The van der Waals surface area contributed by atoms with Crippen molar-refractivity contribution in [2.75, 3.05) is 19.0 Å². The molecule has 3 N–H and O–H groups in total. The minimum atomic E-state index is -2.29. The molecule has 244 valence electrons. The normalized spacial score (nSPS) is 41.6. The zero-order chi connectivity index (χ0) is 32.8. The van der Waals surface area contributed by atoms with Gasteiger partial charge in [0.25, 0.3) is 0 Å². The van der Waals surface area contributed by atoms with E-state index >= 15 is 8.78 Å². The third-order valence-electron chi connectivity index (χ3n) is 12.3. The molecule has 2 aromatic rings. The van der Waals surface area contributed by atoms with Crippen LogP contribution in [0.2, 0.25) is 0 Å². The zero-order valence-corrected chi connectivity index (χ0v) is 26.5. The standard InChI is InChI=1S/C37H41F2NO6/c1-20(22-9-11-24(40-4)12-10-22)21-5-7-23(8-6-21)33-45-32-17-26-27-16-29(38)28-15-25(42)13-14-34(28,2)36(27,39)30(43)18-35(26,3)37(32,46-33)31(44)19-41/h5-15,20,26-27,29-30,32-33,40-41,43H,16-19H2,1-4H3/t20-,26-,27-,29-,30-,32+,33+,34-,35-,36-,37+/m0/s1. The molecule has 7 rings (SSSR count). The number of hydrogen-bond acceptors (Lipinski definition) is 7. The van der Waals surface area contributed by atoms with Crippen LogP contribution in [0.5, 0.6) is 0 Å². The molecule has 11 atom stereocenters. The van der Waals surface area contributed by atoms with Gasteiger partial charge in [0, 0.05) is 41.0 Å². The molecule has 0 bridgehead atoms. The van der Waals surface area contributed by atoms with E-state index in [9.17, 15) is 19.8 Å². The Balaban J connectivity index is 1.20. The van der Waals surface area contributed by atoms with E-state index in [2.05, 4.69) is 24.4 Å². The van der Waals surface area contributed by atoms with Crippen LogP contribution >= 0.6 is 0 Å². The molecule has 9 heteroatoms. The highest BCUT2D eigenvalue weighted by atomic mass is 19.1. The van der Waals surface area contributed by atoms with Gasteiger partial charge in [0.2, 0.25) is 0 Å². The van der Waals surface area contributed by atoms with Crippen molar-refractivity contribution in [3.8, 4) is 0 Å². The predicted molar refractivity (Wildman–Crippen MR) is 167 cm³/mol. The Morgan fingerprint density at radius 2 is 1.72 bits per heavy atom. The summed E-state index contributed by atoms with van der Waals surface area (Å²) in [4.78, 5) is 25.9. The highest BCUT2D eigenvalue weighted by Crippen LogP contribution is 2.72. The Kier molecular flexibility index (Phi) is 7.25. The number of carbonyl (C=O) groups excluding carboxylic acids is 2. The van der Waals surface area contributed by atoms with Crippen LogP contribution in [0.4, 0.5) is 14.5 Å². The van der Waals surface area contributed by atoms with E-state index in [-0.39, 0.29) is 30.8 Å². The maximum atomic E-state index is 17.6. The number of aliphatic hydroxyl groups is 2. The summed E-state index contributed by atoms with van der Waals surface area (Å²) < 4.78 is 46.5. The van der Waals surface area contributed by atoms with E-state index in [0.717, 1.165) is 22.9 Å². The molecular formula is C37H41F2NO6. The lowest BCUT2D eigenvalue weighted by molar-refractivity contribution is -0.235. The van der Waals surface area contributed by atoms with Gasteiger partial charge in [-0.15, -0.1) is 0 Å². The van der Waals surface area contributed by atoms with Crippen LogP contribution in [0.15, 0.2) is 72.3 Å². The molecule has 4 fully saturated rings. The topological polar surface area (TPSA) is 105 Å². The number of alkyl halides is 2. The first-order chi connectivity index (χ1) is 21.8. The van der Waals surface area contributed by atoms with Gasteiger partial charge in [-0.2, -0.15) is 0 Å². The first kappa shape index (κ1) is 31.4. The van der Waals surface area contributed by atoms with E-state index in [1.807, 2.05) is 43.4 Å². The molecule has 0 spiro atoms. The second-order valence-corrected chi connectivity index (χ2v) is 14.2. The smallest absolute Gasteiger partial charge is 0.193 e. The number of rotatable bonds is 6. The van der Waals surface area contributed by atoms with Gasteiger partial charge in [0.05, 0.1) is 12.2 Å². The first-order valence-corrected chi connectivity index (χ1v) is 16.2. The highest BCUT2D eigenvalue weighted by molar-refractivity contribution is 6.01. The number of aliphatic hydroxyl groups excluding tert-OH is 2. The summed E-state index contributed by atoms with van der Waals surface area (Å²) in [7, 11) is 1.88. The fourth-order valence-electron chi connectivity index (χ4n) is 9.79. The number of halogens is 2. The summed E-state index contributed by atoms with van der Waals surface area (Å²) in [6.07, 6.45) is -1.36. The van der Waals surface area contributed by atoms with Gasteiger partial charge in [0.1, 0.15) is 12.8 Å². The van der Waals surface area contributed by atoms with Gasteiger partial charge >= 0.3 is 0 Å². The lowest BCUT2D eigenvalue weighted by Crippen LogP contribution is -2.70. The summed E-state index contributed by atoms with van der Waals surface area (Å²) in [5, 5.41) is 25.0. The van der Waals surface area contributed by atoms with Crippen molar-refractivity contribution in [3.05, 3.63) is 89.0 Å². The molecule has 0 amide bonds. The number of nitrogens with one attached hydrogen (secondary N) is 1. The maximum absolute atomic E-state index is 17.6. The number of carbonyl (C=O) groups is 2. The number of anilines is 1. The lowest BCUT2D eigenvalue weighted by Gasteiger charge is -2.63. The number of ether oxygens (including phenoxy) is 2. The molecule has 1 aliphatic heterocycles. The molecule has 3 saturated carbocycles. The van der Waals surface area contributed by atoms with Crippen molar-refractivity contribution in [2.45, 2.75) is 81.9 Å². The van der Waals surface area contributed by atoms with E-state index in [1.165, 1.54) is 12.2 Å². The Bertz CT molecular complexity index is 1630. The minimum Gasteiger partial charge on any atom is -0.390 e. The Morgan fingerprint density at radius 3 is 2.35 bits per heavy atom. The quantitative estimate of drug-likeness (QED) is 0.385. The summed E-state index contributed by atoms with van der Waals surface area (Å²) >= 11 is 0. The van der Waals surface area contributed by atoms with Crippen molar-refractivity contribution in [1.29, 1.82) is 0 Å². The Morgan fingerprint density at radius 1 is 1.07 bits per heavy atom. The van der Waals surface area contributed by atoms with Gasteiger partial charge in [-0.3, -0.25) is 9.59 Å². The average Bonchev–Trinajstić information content (AvgIpc) is 3.56. The molecule has 1 heterocycles. The molecule has 0 aromatic heterocycles. The maximum Gasteiger partial charge on any atom is 0.193 e. The number of benzene rings is 2. The highest BCUT2D eigenvalue weighted by Gasteiger charge is 2.80. The fraction of sp³-hybridized carbons (Fsp3) is 0.514. The number of fused-ring (bicyclic) bond motifs is 7.